The van der Waals surface area contributed by atoms with Crippen molar-refractivity contribution >= 4 is 5.69 Å². The predicted molar refractivity (Wildman–Crippen MR) is 83.6 cm³/mol. The molecule has 106 valence electrons. The molecule has 0 saturated carbocycles. The molecule has 0 radical (unpaired) electrons. The van der Waals surface area contributed by atoms with E-state index in [-0.39, 0.29) is 0 Å². The normalized spacial score (nSPS) is 20.8. The van der Waals surface area contributed by atoms with Crippen LogP contribution in [0.3, 0.4) is 0 Å². The summed E-state index contributed by atoms with van der Waals surface area (Å²) in [5.74, 6) is 0.901. The van der Waals surface area contributed by atoms with Crippen LogP contribution in [0.15, 0.2) is 24.3 Å². The van der Waals surface area contributed by atoms with Gasteiger partial charge >= 0.3 is 0 Å². The number of nitrogens with zero attached hydrogens (tertiary/aromatic N) is 1. The zero-order valence-corrected chi connectivity index (χ0v) is 12.4. The van der Waals surface area contributed by atoms with Crippen molar-refractivity contribution in [2.24, 2.45) is 11.7 Å². The molecule has 2 unspecified atom stereocenters. The van der Waals surface area contributed by atoms with Crippen molar-refractivity contribution in [3.05, 3.63) is 29.8 Å². The second-order valence-corrected chi connectivity index (χ2v) is 5.93. The molecule has 1 aliphatic rings. The molecule has 19 heavy (non-hydrogen) atoms. The molecule has 1 aliphatic heterocycles. The Hall–Kier alpha value is -1.02. The topological polar surface area (TPSA) is 29.3 Å². The standard InChI is InChI=1S/C17H28N2/c1-3-5-15-10-11-19(13-15)17-8-6-14(7-9-17)12-16(18)4-2/h6-9,15-16H,3-5,10-13,18H2,1-2H3. The second kappa shape index (κ2) is 6.95. The van der Waals surface area contributed by atoms with Gasteiger partial charge in [-0.2, -0.15) is 0 Å². The summed E-state index contributed by atoms with van der Waals surface area (Å²) in [6, 6.07) is 9.33. The fraction of sp³-hybridized carbons (Fsp3) is 0.647. The van der Waals surface area contributed by atoms with Crippen LogP contribution in [0, 0.1) is 5.92 Å². The Morgan fingerprint density at radius 3 is 2.63 bits per heavy atom. The molecule has 2 heteroatoms. The van der Waals surface area contributed by atoms with Crippen molar-refractivity contribution in [2.45, 2.75) is 52.0 Å². The minimum absolute atomic E-state index is 0.298. The number of hydrogen-bond acceptors (Lipinski definition) is 2. The van der Waals surface area contributed by atoms with Gasteiger partial charge in [0.2, 0.25) is 0 Å². The van der Waals surface area contributed by atoms with E-state index in [0.29, 0.717) is 6.04 Å². The molecule has 1 aromatic carbocycles. The SMILES string of the molecule is CCCC1CCN(c2ccc(CC(N)CC)cc2)C1. The van der Waals surface area contributed by atoms with Gasteiger partial charge in [0.1, 0.15) is 0 Å². The van der Waals surface area contributed by atoms with Crippen LogP contribution in [0.1, 0.15) is 45.1 Å². The fourth-order valence-corrected chi connectivity index (χ4v) is 3.00. The van der Waals surface area contributed by atoms with Gasteiger partial charge in [0.05, 0.1) is 0 Å². The Kier molecular flexibility index (Phi) is 5.26. The van der Waals surface area contributed by atoms with Gasteiger partial charge in [0.15, 0.2) is 0 Å². The van der Waals surface area contributed by atoms with Crippen molar-refractivity contribution < 1.29 is 0 Å². The molecule has 1 saturated heterocycles. The van der Waals surface area contributed by atoms with E-state index in [0.717, 1.165) is 18.8 Å². The molecule has 1 aromatic rings. The van der Waals surface area contributed by atoms with E-state index >= 15 is 0 Å². The van der Waals surface area contributed by atoms with Crippen molar-refractivity contribution in [3.8, 4) is 0 Å². The Morgan fingerprint density at radius 1 is 1.26 bits per heavy atom. The van der Waals surface area contributed by atoms with Crippen molar-refractivity contribution in [2.75, 3.05) is 18.0 Å². The van der Waals surface area contributed by atoms with Crippen molar-refractivity contribution in [3.63, 3.8) is 0 Å². The summed E-state index contributed by atoms with van der Waals surface area (Å²) < 4.78 is 0. The highest BCUT2D eigenvalue weighted by atomic mass is 15.1. The average Bonchev–Trinajstić information content (AvgIpc) is 2.88. The Morgan fingerprint density at radius 2 is 2.00 bits per heavy atom. The van der Waals surface area contributed by atoms with Crippen LogP contribution in [-0.2, 0) is 6.42 Å². The Bertz CT molecular complexity index is 371. The first-order valence-electron chi connectivity index (χ1n) is 7.82. The van der Waals surface area contributed by atoms with E-state index in [1.807, 2.05) is 0 Å². The zero-order valence-electron chi connectivity index (χ0n) is 12.4. The quantitative estimate of drug-likeness (QED) is 0.847. The molecular formula is C17H28N2. The van der Waals surface area contributed by atoms with Crippen LogP contribution in [0.5, 0.6) is 0 Å². The van der Waals surface area contributed by atoms with Gasteiger partial charge in [-0.05, 0) is 49.3 Å². The van der Waals surface area contributed by atoms with Crippen molar-refractivity contribution in [1.82, 2.24) is 0 Å². The summed E-state index contributed by atoms with van der Waals surface area (Å²) in [6.07, 6.45) is 6.09. The summed E-state index contributed by atoms with van der Waals surface area (Å²) in [5, 5.41) is 0. The van der Waals surface area contributed by atoms with Crippen molar-refractivity contribution in [1.29, 1.82) is 0 Å². The van der Waals surface area contributed by atoms with E-state index in [1.54, 1.807) is 0 Å². The van der Waals surface area contributed by atoms with Gasteiger partial charge in [0.25, 0.3) is 0 Å². The summed E-state index contributed by atoms with van der Waals surface area (Å²) in [7, 11) is 0. The molecule has 0 aromatic heterocycles. The molecule has 2 rings (SSSR count). The third kappa shape index (κ3) is 3.97. The Balaban J connectivity index is 1.92. The molecule has 0 amide bonds. The molecule has 0 spiro atoms. The lowest BCUT2D eigenvalue weighted by molar-refractivity contribution is 0.530. The van der Waals surface area contributed by atoms with Gasteiger partial charge in [-0.1, -0.05) is 32.4 Å². The van der Waals surface area contributed by atoms with E-state index in [1.165, 1.54) is 43.6 Å². The van der Waals surface area contributed by atoms with Crippen LogP contribution in [0.4, 0.5) is 5.69 Å². The van der Waals surface area contributed by atoms with Gasteiger partial charge in [0, 0.05) is 24.8 Å². The molecule has 2 atom stereocenters. The maximum absolute atomic E-state index is 6.01. The third-order valence-corrected chi connectivity index (χ3v) is 4.31. The highest BCUT2D eigenvalue weighted by Crippen LogP contribution is 2.26. The average molecular weight is 260 g/mol. The van der Waals surface area contributed by atoms with Crippen LogP contribution in [0.2, 0.25) is 0 Å². The van der Waals surface area contributed by atoms with Gasteiger partial charge in [-0.25, -0.2) is 0 Å². The highest BCUT2D eigenvalue weighted by Gasteiger charge is 2.21. The monoisotopic (exact) mass is 260 g/mol. The van der Waals surface area contributed by atoms with Gasteiger partial charge in [-0.3, -0.25) is 0 Å². The maximum Gasteiger partial charge on any atom is 0.0366 e. The first-order valence-corrected chi connectivity index (χ1v) is 7.82. The molecular weight excluding hydrogens is 232 g/mol. The fourth-order valence-electron chi connectivity index (χ4n) is 3.00. The number of nitrogens with two attached hydrogens (primary N) is 1. The summed E-state index contributed by atoms with van der Waals surface area (Å²) in [4.78, 5) is 2.53. The second-order valence-electron chi connectivity index (χ2n) is 5.93. The van der Waals surface area contributed by atoms with Crippen LogP contribution in [-0.4, -0.2) is 19.1 Å². The molecule has 0 bridgehead atoms. The van der Waals surface area contributed by atoms with Crippen LogP contribution < -0.4 is 10.6 Å². The number of anilines is 1. The lowest BCUT2D eigenvalue weighted by Gasteiger charge is -2.19. The minimum atomic E-state index is 0.298. The lowest BCUT2D eigenvalue weighted by atomic mass is 10.0. The zero-order chi connectivity index (χ0) is 13.7. The first-order chi connectivity index (χ1) is 9.22. The number of benzene rings is 1. The molecule has 1 fully saturated rings. The molecule has 2 N–H and O–H groups in total. The molecule has 2 nitrogen and oxygen atoms in total. The van der Waals surface area contributed by atoms with E-state index in [4.69, 9.17) is 5.73 Å². The van der Waals surface area contributed by atoms with Gasteiger partial charge < -0.3 is 10.6 Å². The lowest BCUT2D eigenvalue weighted by Crippen LogP contribution is -2.22. The summed E-state index contributed by atoms with van der Waals surface area (Å²) in [5.41, 5.74) is 8.75. The van der Waals surface area contributed by atoms with E-state index < -0.39 is 0 Å². The summed E-state index contributed by atoms with van der Waals surface area (Å²) >= 11 is 0. The smallest absolute Gasteiger partial charge is 0.0366 e. The summed E-state index contributed by atoms with van der Waals surface area (Å²) in [6.45, 7) is 6.89. The number of rotatable bonds is 6. The predicted octanol–water partition coefficient (Wildman–Crippen LogP) is 3.59. The largest absolute Gasteiger partial charge is 0.371 e. The molecule has 0 aliphatic carbocycles. The third-order valence-electron chi connectivity index (χ3n) is 4.31. The Labute approximate surface area is 118 Å². The maximum atomic E-state index is 6.01. The minimum Gasteiger partial charge on any atom is -0.371 e. The first kappa shape index (κ1) is 14.4. The van der Waals surface area contributed by atoms with Crippen LogP contribution in [0.25, 0.3) is 0 Å². The molecule has 1 heterocycles. The van der Waals surface area contributed by atoms with E-state index in [2.05, 4.69) is 43.0 Å². The highest BCUT2D eigenvalue weighted by molar-refractivity contribution is 5.48. The van der Waals surface area contributed by atoms with E-state index in [9.17, 15) is 0 Å². The number of hydrogen-bond donors (Lipinski definition) is 1. The van der Waals surface area contributed by atoms with Crippen LogP contribution >= 0.6 is 0 Å². The van der Waals surface area contributed by atoms with Gasteiger partial charge in [-0.15, -0.1) is 0 Å².